The van der Waals surface area contributed by atoms with Crippen LogP contribution in [0.2, 0.25) is 0 Å². The number of nitrogens with one attached hydrogen (secondary N) is 2. The number of ketones is 2. The number of Topliss-reactive ketones (excluding diaryl/α,β-unsaturated/α-hetero) is 2. The Morgan fingerprint density at radius 2 is 1.53 bits per heavy atom. The van der Waals surface area contributed by atoms with Crippen molar-refractivity contribution in [2.24, 2.45) is 17.1 Å². The maximum Gasteiger partial charge on any atom is 0.300 e. The molecule has 0 radical (unpaired) electrons. The number of carboxylic acids is 1. The Bertz CT molecular complexity index is 2640. The minimum Gasteiger partial charge on any atom is -0.481 e. The van der Waals surface area contributed by atoms with Crippen molar-refractivity contribution >= 4 is 58.2 Å². The van der Waals surface area contributed by atoms with E-state index in [9.17, 15) is 33.9 Å². The summed E-state index contributed by atoms with van der Waals surface area (Å²) in [7, 11) is 1.59. The Morgan fingerprint density at radius 1 is 0.880 bits per heavy atom. The molecule has 16 nitrogen and oxygen atoms in total. The summed E-state index contributed by atoms with van der Waals surface area (Å²) >= 11 is 1.59. The fraction of sp³-hybridized carbons (Fsp3) is 0.517. The van der Waals surface area contributed by atoms with Gasteiger partial charge in [-0.15, -0.1) is 11.3 Å². The smallest absolute Gasteiger partial charge is 0.300 e. The molecule has 4 heterocycles. The highest BCUT2D eigenvalue weighted by Crippen LogP contribution is 2.40. The lowest BCUT2D eigenvalue weighted by molar-refractivity contribution is -0.143. The van der Waals surface area contributed by atoms with Gasteiger partial charge in [-0.3, -0.25) is 38.5 Å². The first kappa shape index (κ1) is 58.1. The average molecular weight is 1050 g/mol. The summed E-state index contributed by atoms with van der Waals surface area (Å²) in [6.07, 6.45) is 4.59. The number of aliphatic hydroxyl groups is 1. The van der Waals surface area contributed by atoms with Crippen LogP contribution in [0.3, 0.4) is 0 Å². The van der Waals surface area contributed by atoms with Crippen LogP contribution in [0.4, 0.5) is 5.69 Å². The normalized spacial score (nSPS) is 19.2. The lowest BCUT2D eigenvalue weighted by Gasteiger charge is -2.35. The van der Waals surface area contributed by atoms with E-state index in [1.807, 2.05) is 107 Å². The molecule has 3 aliphatic heterocycles. The van der Waals surface area contributed by atoms with Gasteiger partial charge in [0.05, 0.1) is 58.7 Å². The molecule has 3 aliphatic rings. The Hall–Kier alpha value is -6.14. The van der Waals surface area contributed by atoms with Crippen LogP contribution < -0.4 is 21.3 Å². The second-order valence-electron chi connectivity index (χ2n) is 21.4. The summed E-state index contributed by atoms with van der Waals surface area (Å²) in [5.41, 5.74) is 15.5. The lowest BCUT2D eigenvalue weighted by atomic mass is 9.85. The van der Waals surface area contributed by atoms with E-state index in [2.05, 4.69) is 15.6 Å². The molecule has 6 N–H and O–H groups in total. The molecule has 1 saturated heterocycles. The number of likely N-dealkylation sites (tertiary alicyclic amines) is 1. The minimum atomic E-state index is -0.875. The van der Waals surface area contributed by atoms with Crippen LogP contribution >= 0.6 is 11.3 Å². The summed E-state index contributed by atoms with van der Waals surface area (Å²) in [5.74, 6) is -2.19. The molecule has 1 fully saturated rings. The molecule has 0 saturated carbocycles. The van der Waals surface area contributed by atoms with Crippen LogP contribution in [0.15, 0.2) is 72.2 Å². The number of hydrogen-bond acceptors (Lipinski definition) is 12. The zero-order valence-corrected chi connectivity index (χ0v) is 45.4. The van der Waals surface area contributed by atoms with Gasteiger partial charge in [-0.2, -0.15) is 0 Å². The zero-order valence-electron chi connectivity index (χ0n) is 44.6. The number of aliphatic hydroxyl groups excluding tert-OH is 1. The molecule has 0 spiro atoms. The van der Waals surface area contributed by atoms with Crippen molar-refractivity contribution in [1.82, 2.24) is 20.5 Å². The number of aromatic nitrogens is 1. The number of rotatable bonds is 22. The van der Waals surface area contributed by atoms with E-state index in [0.717, 1.165) is 69.4 Å². The van der Waals surface area contributed by atoms with Crippen molar-refractivity contribution in [2.45, 2.75) is 168 Å². The average Bonchev–Trinajstić information content (AvgIpc) is 4.10. The van der Waals surface area contributed by atoms with Crippen LogP contribution in [0, 0.1) is 18.3 Å². The van der Waals surface area contributed by atoms with Crippen molar-refractivity contribution < 1.29 is 48.5 Å². The van der Waals surface area contributed by atoms with Gasteiger partial charge >= 0.3 is 0 Å². The van der Waals surface area contributed by atoms with Crippen LogP contribution in [0.1, 0.15) is 126 Å². The highest BCUT2D eigenvalue weighted by Gasteiger charge is 2.45. The number of aliphatic carboxylic acids is 1. The molecule has 1 aromatic heterocycles. The fourth-order valence-electron chi connectivity index (χ4n) is 10.3. The van der Waals surface area contributed by atoms with Gasteiger partial charge in [0.25, 0.3) is 5.97 Å². The molecule has 4 amide bonds. The first-order valence-corrected chi connectivity index (χ1v) is 27.1. The highest BCUT2D eigenvalue weighted by molar-refractivity contribution is 7.13. The zero-order chi connectivity index (χ0) is 54.6. The van der Waals surface area contributed by atoms with Gasteiger partial charge in [0.15, 0.2) is 11.6 Å². The van der Waals surface area contributed by atoms with E-state index in [-0.39, 0.29) is 85.9 Å². The standard InChI is InChI=1S/C56H72N6O8S.C2H4O2/c1-34-52(71-33-59-34)40-21-18-37(19-22-40)20-26-47(64)45-30-43(63)31-61(45)55(69)53(56(3,4)5)60-50(67)13-8-7-10-36-14-16-38(17-15-36)32-70-35(2)41(24-27-49(66)58-6)29-48(65)46-28-42-12-9-11-39-23-25-44(57)54(68)62(46)51(39)42;1-2(3)4/h9,11-12,14-19,21-22,33,35,41,43-46,53,63H,7-8,10,13,20,23-32,57H2,1-6H3,(H,58,66)(H,60,67);1H3,(H,3,4)/t35-,41-,43-,44+,45+,46+,53-;/m1./s1. The summed E-state index contributed by atoms with van der Waals surface area (Å²) in [5, 5.41) is 23.7. The number of carbonyl (C=O) groups excluding carboxylic acids is 6. The monoisotopic (exact) mass is 1050 g/mol. The minimum absolute atomic E-state index is 0.0431. The Kier molecular flexibility index (Phi) is 20.6. The number of unbranched alkanes of at least 4 members (excludes halogenated alkanes) is 1. The maximum atomic E-state index is 14.1. The number of nitrogens with two attached hydrogens (primary N) is 1. The van der Waals surface area contributed by atoms with Crippen LogP contribution in [-0.4, -0.2) is 111 Å². The van der Waals surface area contributed by atoms with Gasteiger partial charge in [-0.1, -0.05) is 87.5 Å². The summed E-state index contributed by atoms with van der Waals surface area (Å²) in [6.45, 7) is 11.0. The molecule has 0 aliphatic carbocycles. The molecule has 3 aromatic carbocycles. The number of benzene rings is 3. The lowest BCUT2D eigenvalue weighted by Crippen LogP contribution is -2.56. The van der Waals surface area contributed by atoms with Crippen molar-refractivity contribution in [3.63, 3.8) is 0 Å². The summed E-state index contributed by atoms with van der Waals surface area (Å²) < 4.78 is 6.37. The number of thiazole rings is 1. The van der Waals surface area contributed by atoms with Crippen LogP contribution in [0.25, 0.3) is 10.4 Å². The number of carbonyl (C=O) groups is 7. The number of amides is 4. The molecule has 7 atom stereocenters. The van der Waals surface area contributed by atoms with Crippen molar-refractivity contribution in [2.75, 3.05) is 18.5 Å². The number of para-hydroxylation sites is 1. The molecule has 75 heavy (non-hydrogen) atoms. The van der Waals surface area contributed by atoms with Gasteiger partial charge in [-0.25, -0.2) is 4.98 Å². The number of hydrogen-bond donors (Lipinski definition) is 5. The highest BCUT2D eigenvalue weighted by atomic mass is 32.1. The number of ether oxygens (including phenoxy) is 1. The predicted molar refractivity (Wildman–Crippen MR) is 289 cm³/mol. The molecule has 17 heteroatoms. The fourth-order valence-corrected chi connectivity index (χ4v) is 11.1. The second kappa shape index (κ2) is 26.6. The Labute approximate surface area is 445 Å². The van der Waals surface area contributed by atoms with E-state index in [1.54, 1.807) is 23.3 Å². The number of β-amino-alcohol motifs (C(OH)–C–C–N with tert-alkyl or cyclic N) is 1. The number of carboxylic acid groups (broad SMARTS) is 1. The predicted octanol–water partition coefficient (Wildman–Crippen LogP) is 6.85. The molecule has 4 aromatic rings. The number of nitrogens with zero attached hydrogens (tertiary/aromatic N) is 3. The van der Waals surface area contributed by atoms with E-state index in [4.69, 9.17) is 20.4 Å². The molecule has 0 bridgehead atoms. The Balaban J connectivity index is 0.00000220. The van der Waals surface area contributed by atoms with Gasteiger partial charge in [0.1, 0.15) is 6.04 Å². The van der Waals surface area contributed by atoms with Crippen LogP contribution in [-0.2, 0) is 70.6 Å². The molecule has 404 valence electrons. The first-order valence-electron chi connectivity index (χ1n) is 26.3. The van der Waals surface area contributed by atoms with Gasteiger partial charge in [0.2, 0.25) is 23.6 Å². The topological polar surface area (TPSA) is 239 Å². The van der Waals surface area contributed by atoms with Crippen molar-refractivity contribution in [3.8, 4) is 10.4 Å². The van der Waals surface area contributed by atoms with Gasteiger partial charge in [-0.05, 0) is 104 Å². The van der Waals surface area contributed by atoms with E-state index in [0.29, 0.717) is 45.1 Å². The first-order chi connectivity index (χ1) is 35.6. The quantitative estimate of drug-likeness (QED) is 0.0508. The molecule has 0 unspecified atom stereocenters. The van der Waals surface area contributed by atoms with Crippen molar-refractivity contribution in [1.29, 1.82) is 0 Å². The molecular formula is C58H76N6O10S. The Morgan fingerprint density at radius 3 is 2.19 bits per heavy atom. The molecule has 7 rings (SSSR count). The van der Waals surface area contributed by atoms with Crippen LogP contribution in [0.5, 0.6) is 0 Å². The maximum absolute atomic E-state index is 14.1. The molecular weight excluding hydrogens is 973 g/mol. The van der Waals surface area contributed by atoms with E-state index >= 15 is 0 Å². The largest absolute Gasteiger partial charge is 0.481 e. The van der Waals surface area contributed by atoms with E-state index < -0.39 is 41.7 Å². The summed E-state index contributed by atoms with van der Waals surface area (Å²) in [4.78, 5) is 98.7. The summed E-state index contributed by atoms with van der Waals surface area (Å²) in [6, 6.07) is 19.2. The number of anilines is 1. The third-order valence-corrected chi connectivity index (χ3v) is 15.6. The van der Waals surface area contributed by atoms with Crippen molar-refractivity contribution in [3.05, 3.63) is 106 Å². The van der Waals surface area contributed by atoms with Gasteiger partial charge in [0, 0.05) is 59.0 Å². The third kappa shape index (κ3) is 15.7. The third-order valence-electron chi connectivity index (χ3n) is 14.6. The SMILES string of the molecule is CC(=O)O.CNC(=O)CC[C@H](CC(=O)[C@@H]1Cc2cccc3c2N1C(=O)[C@@H](N)CC3)[C@@H](C)OCc1ccc(CCCCC(=O)N[C@H](C(=O)N2C[C@H](O)C[C@H]2C(=O)CCc2ccc(-c3scnc3C)cc2)C(C)(C)C)cc1. The van der Waals surface area contributed by atoms with E-state index in [1.165, 1.54) is 4.90 Å². The second-order valence-corrected chi connectivity index (χ2v) is 22.2. The van der Waals surface area contributed by atoms with Gasteiger partial charge < -0.3 is 36.2 Å². The number of aryl methyl sites for hydroxylation is 4.